The average molecular weight is 293 g/mol. The third kappa shape index (κ3) is 7.52. The molecule has 0 bridgehead atoms. The summed E-state index contributed by atoms with van der Waals surface area (Å²) >= 11 is 0. The maximum atomic E-state index is 12.2. The van der Waals surface area contributed by atoms with E-state index in [-0.39, 0.29) is 12.3 Å². The standard InChI is InChI=1S/C13H27NO4S/c1-5-6-9-19(17,18)14(8-7-11(2)3)10-12(4)13(15)16/h11-12H,5-10H2,1-4H3,(H,15,16). The highest BCUT2D eigenvalue weighted by Crippen LogP contribution is 2.12. The summed E-state index contributed by atoms with van der Waals surface area (Å²) in [5.74, 6) is -1.14. The van der Waals surface area contributed by atoms with E-state index < -0.39 is 21.9 Å². The number of aliphatic carboxylic acids is 1. The van der Waals surface area contributed by atoms with Gasteiger partial charge in [0, 0.05) is 13.1 Å². The molecule has 0 aromatic heterocycles. The lowest BCUT2D eigenvalue weighted by atomic mass is 10.1. The fourth-order valence-corrected chi connectivity index (χ4v) is 3.33. The van der Waals surface area contributed by atoms with Crippen LogP contribution in [0.2, 0.25) is 0 Å². The molecule has 0 radical (unpaired) electrons. The third-order valence-electron chi connectivity index (χ3n) is 3.00. The van der Waals surface area contributed by atoms with Crippen molar-refractivity contribution in [2.24, 2.45) is 11.8 Å². The molecule has 0 fully saturated rings. The van der Waals surface area contributed by atoms with E-state index in [0.29, 0.717) is 18.9 Å². The zero-order valence-electron chi connectivity index (χ0n) is 12.4. The minimum atomic E-state index is -3.34. The monoisotopic (exact) mass is 293 g/mol. The molecule has 6 heteroatoms. The van der Waals surface area contributed by atoms with Crippen molar-refractivity contribution in [1.82, 2.24) is 4.31 Å². The van der Waals surface area contributed by atoms with Gasteiger partial charge in [-0.15, -0.1) is 0 Å². The molecule has 1 unspecified atom stereocenters. The van der Waals surface area contributed by atoms with E-state index in [1.807, 2.05) is 20.8 Å². The highest BCUT2D eigenvalue weighted by Gasteiger charge is 2.25. The molecule has 0 amide bonds. The van der Waals surface area contributed by atoms with Gasteiger partial charge in [0.2, 0.25) is 10.0 Å². The molecule has 0 aliphatic heterocycles. The predicted molar refractivity (Wildman–Crippen MR) is 76.5 cm³/mol. The Labute approximate surface area is 117 Å². The summed E-state index contributed by atoms with van der Waals surface area (Å²) in [6, 6.07) is 0. The van der Waals surface area contributed by atoms with Gasteiger partial charge in [-0.2, -0.15) is 0 Å². The summed E-state index contributed by atoms with van der Waals surface area (Å²) in [5.41, 5.74) is 0. The summed E-state index contributed by atoms with van der Waals surface area (Å²) in [6.45, 7) is 8.00. The Hall–Kier alpha value is -0.620. The Morgan fingerprint density at radius 1 is 1.26 bits per heavy atom. The highest BCUT2D eigenvalue weighted by molar-refractivity contribution is 7.89. The number of carboxylic acids is 1. The molecule has 0 heterocycles. The molecule has 0 saturated carbocycles. The molecule has 0 aromatic carbocycles. The second-order valence-electron chi connectivity index (χ2n) is 5.45. The Bertz CT molecular complexity index is 365. The van der Waals surface area contributed by atoms with Gasteiger partial charge in [0.25, 0.3) is 0 Å². The first-order chi connectivity index (χ1) is 8.70. The van der Waals surface area contributed by atoms with E-state index in [2.05, 4.69) is 0 Å². The lowest BCUT2D eigenvalue weighted by Crippen LogP contribution is -2.39. The topological polar surface area (TPSA) is 74.7 Å². The van der Waals surface area contributed by atoms with Gasteiger partial charge in [-0.1, -0.05) is 34.1 Å². The molecule has 5 nitrogen and oxygen atoms in total. The van der Waals surface area contributed by atoms with E-state index in [4.69, 9.17) is 5.11 Å². The van der Waals surface area contributed by atoms with E-state index in [9.17, 15) is 13.2 Å². The van der Waals surface area contributed by atoms with E-state index in [1.54, 1.807) is 6.92 Å². The lowest BCUT2D eigenvalue weighted by molar-refractivity contribution is -0.141. The SMILES string of the molecule is CCCCS(=O)(=O)N(CCC(C)C)CC(C)C(=O)O. The molecule has 114 valence electrons. The van der Waals surface area contributed by atoms with Crippen molar-refractivity contribution in [2.75, 3.05) is 18.8 Å². The molecule has 0 aliphatic rings. The van der Waals surface area contributed by atoms with Crippen LogP contribution in [0.25, 0.3) is 0 Å². The van der Waals surface area contributed by atoms with Gasteiger partial charge in [-0.25, -0.2) is 12.7 Å². The van der Waals surface area contributed by atoms with Gasteiger partial charge in [0.15, 0.2) is 0 Å². The number of rotatable bonds is 10. The van der Waals surface area contributed by atoms with Crippen LogP contribution in [0.15, 0.2) is 0 Å². The molecule has 0 rings (SSSR count). The van der Waals surface area contributed by atoms with Gasteiger partial charge in [0.05, 0.1) is 11.7 Å². The quantitative estimate of drug-likeness (QED) is 0.670. The molecule has 1 N–H and O–H groups in total. The zero-order valence-corrected chi connectivity index (χ0v) is 13.2. The summed E-state index contributed by atoms with van der Waals surface area (Å²) in [5, 5.41) is 8.93. The van der Waals surface area contributed by atoms with Crippen molar-refractivity contribution in [3.63, 3.8) is 0 Å². The average Bonchev–Trinajstić information content (AvgIpc) is 2.30. The highest BCUT2D eigenvalue weighted by atomic mass is 32.2. The first-order valence-electron chi connectivity index (χ1n) is 6.91. The van der Waals surface area contributed by atoms with Gasteiger partial charge < -0.3 is 5.11 Å². The van der Waals surface area contributed by atoms with Crippen molar-refractivity contribution < 1.29 is 18.3 Å². The maximum absolute atomic E-state index is 12.2. The van der Waals surface area contributed by atoms with Crippen LogP contribution < -0.4 is 0 Å². The summed E-state index contributed by atoms with van der Waals surface area (Å²) in [7, 11) is -3.34. The number of unbranched alkanes of at least 4 members (excludes halogenated alkanes) is 1. The number of nitrogens with zero attached hydrogens (tertiary/aromatic N) is 1. The Morgan fingerprint density at radius 2 is 1.84 bits per heavy atom. The molecule has 1 atom stereocenters. The van der Waals surface area contributed by atoms with Crippen LogP contribution in [-0.4, -0.2) is 42.6 Å². The first kappa shape index (κ1) is 18.4. The summed E-state index contributed by atoms with van der Waals surface area (Å²) in [6.07, 6.45) is 2.17. The molecule has 0 saturated heterocycles. The van der Waals surface area contributed by atoms with Gasteiger partial charge in [-0.3, -0.25) is 4.79 Å². The Kier molecular flexibility index (Phi) is 8.25. The number of carboxylic acid groups (broad SMARTS) is 1. The van der Waals surface area contributed by atoms with Crippen molar-refractivity contribution in [2.45, 2.75) is 47.0 Å². The van der Waals surface area contributed by atoms with Crippen LogP contribution >= 0.6 is 0 Å². The molecule has 19 heavy (non-hydrogen) atoms. The fourth-order valence-electron chi connectivity index (χ4n) is 1.59. The Morgan fingerprint density at radius 3 is 2.26 bits per heavy atom. The minimum absolute atomic E-state index is 0.0636. The number of carbonyl (C=O) groups is 1. The van der Waals surface area contributed by atoms with Crippen LogP contribution in [0.3, 0.4) is 0 Å². The van der Waals surface area contributed by atoms with Crippen molar-refractivity contribution in [3.8, 4) is 0 Å². The van der Waals surface area contributed by atoms with E-state index >= 15 is 0 Å². The van der Waals surface area contributed by atoms with Gasteiger partial charge in [0.1, 0.15) is 0 Å². The second-order valence-corrected chi connectivity index (χ2v) is 7.54. The number of sulfonamides is 1. The molecular weight excluding hydrogens is 266 g/mol. The number of hydrogen-bond acceptors (Lipinski definition) is 3. The maximum Gasteiger partial charge on any atom is 0.307 e. The molecule has 0 aliphatic carbocycles. The van der Waals surface area contributed by atoms with Crippen LogP contribution in [-0.2, 0) is 14.8 Å². The second kappa shape index (κ2) is 8.53. The van der Waals surface area contributed by atoms with Crippen molar-refractivity contribution in [3.05, 3.63) is 0 Å². The van der Waals surface area contributed by atoms with Crippen LogP contribution in [0.1, 0.15) is 47.0 Å². The van der Waals surface area contributed by atoms with Gasteiger partial charge in [-0.05, 0) is 18.8 Å². The Balaban J connectivity index is 4.78. The van der Waals surface area contributed by atoms with Crippen LogP contribution in [0.5, 0.6) is 0 Å². The van der Waals surface area contributed by atoms with E-state index in [1.165, 1.54) is 4.31 Å². The first-order valence-corrected chi connectivity index (χ1v) is 8.52. The smallest absolute Gasteiger partial charge is 0.307 e. The zero-order chi connectivity index (χ0) is 15.1. The summed E-state index contributed by atoms with van der Waals surface area (Å²) < 4.78 is 25.7. The molecular formula is C13H27NO4S. The fraction of sp³-hybridized carbons (Fsp3) is 0.923. The third-order valence-corrected chi connectivity index (χ3v) is 4.93. The lowest BCUT2D eigenvalue weighted by Gasteiger charge is -2.24. The molecule has 0 spiro atoms. The van der Waals surface area contributed by atoms with Crippen molar-refractivity contribution in [1.29, 1.82) is 0 Å². The number of hydrogen-bond donors (Lipinski definition) is 1. The predicted octanol–water partition coefficient (Wildman–Crippen LogP) is 2.19. The normalized spacial score (nSPS) is 14.0. The van der Waals surface area contributed by atoms with Crippen LogP contribution in [0.4, 0.5) is 0 Å². The summed E-state index contributed by atoms with van der Waals surface area (Å²) in [4.78, 5) is 10.9. The van der Waals surface area contributed by atoms with Crippen molar-refractivity contribution >= 4 is 16.0 Å². The van der Waals surface area contributed by atoms with E-state index in [0.717, 1.165) is 12.8 Å². The van der Waals surface area contributed by atoms with Gasteiger partial charge >= 0.3 is 5.97 Å². The van der Waals surface area contributed by atoms with Crippen LogP contribution in [0, 0.1) is 11.8 Å². The largest absolute Gasteiger partial charge is 0.481 e. The minimum Gasteiger partial charge on any atom is -0.481 e. The molecule has 0 aromatic rings.